The van der Waals surface area contributed by atoms with Crippen molar-refractivity contribution in [2.45, 2.75) is 25.1 Å². The van der Waals surface area contributed by atoms with Gasteiger partial charge in [-0.2, -0.15) is 18.3 Å². The standard InChI is InChI=1S/C19H19F3N6O2/c1-26-17(19(20,21)22)25-28(18(26)30)13-7-9-27(10-8-13)16(29)15-11-14(23-24-15)12-5-3-2-4-6-12/h2-6,11,13H,7-10H2,1H3,(H,23,24). The minimum absolute atomic E-state index is 0.243. The fourth-order valence-electron chi connectivity index (χ4n) is 3.61. The smallest absolute Gasteiger partial charge is 0.337 e. The Morgan fingerprint density at radius 1 is 1.17 bits per heavy atom. The van der Waals surface area contributed by atoms with Crippen LogP contribution in [0.4, 0.5) is 13.2 Å². The van der Waals surface area contributed by atoms with E-state index in [1.165, 1.54) is 0 Å². The number of nitrogens with one attached hydrogen (secondary N) is 1. The van der Waals surface area contributed by atoms with Crippen molar-refractivity contribution < 1.29 is 18.0 Å². The Morgan fingerprint density at radius 2 is 1.83 bits per heavy atom. The summed E-state index contributed by atoms with van der Waals surface area (Å²) in [6.45, 7) is 0.598. The van der Waals surface area contributed by atoms with Gasteiger partial charge in [-0.05, 0) is 18.9 Å². The van der Waals surface area contributed by atoms with Crippen LogP contribution in [0.3, 0.4) is 0 Å². The number of carbonyl (C=O) groups excluding carboxylic acids is 1. The highest BCUT2D eigenvalue weighted by Crippen LogP contribution is 2.28. The molecular weight excluding hydrogens is 401 g/mol. The Labute approximate surface area is 168 Å². The van der Waals surface area contributed by atoms with Gasteiger partial charge in [0.1, 0.15) is 5.69 Å². The van der Waals surface area contributed by atoms with Gasteiger partial charge in [0, 0.05) is 25.7 Å². The van der Waals surface area contributed by atoms with Crippen LogP contribution in [0.2, 0.25) is 0 Å². The van der Waals surface area contributed by atoms with Crippen molar-refractivity contribution in [3.63, 3.8) is 0 Å². The molecule has 30 heavy (non-hydrogen) atoms. The number of hydrogen-bond acceptors (Lipinski definition) is 4. The zero-order chi connectivity index (χ0) is 21.5. The predicted octanol–water partition coefficient (Wildman–Crippen LogP) is 2.47. The van der Waals surface area contributed by atoms with Gasteiger partial charge in [0.2, 0.25) is 5.82 Å². The minimum Gasteiger partial charge on any atom is -0.337 e. The number of carbonyl (C=O) groups is 1. The molecular formula is C19H19F3N6O2. The van der Waals surface area contributed by atoms with E-state index >= 15 is 0 Å². The molecule has 3 heterocycles. The van der Waals surface area contributed by atoms with Crippen LogP contribution in [-0.2, 0) is 13.2 Å². The molecule has 0 aliphatic carbocycles. The van der Waals surface area contributed by atoms with E-state index < -0.39 is 23.7 Å². The van der Waals surface area contributed by atoms with E-state index in [0.29, 0.717) is 41.9 Å². The average Bonchev–Trinajstić information content (AvgIpc) is 3.34. The molecule has 4 rings (SSSR count). The summed E-state index contributed by atoms with van der Waals surface area (Å²) in [6, 6.07) is 10.6. The molecule has 1 aliphatic heterocycles. The van der Waals surface area contributed by atoms with Gasteiger partial charge >= 0.3 is 11.9 Å². The predicted molar refractivity (Wildman–Crippen MR) is 101 cm³/mol. The molecule has 0 atom stereocenters. The molecule has 0 spiro atoms. The third kappa shape index (κ3) is 3.62. The SMILES string of the molecule is Cn1c(C(F)(F)F)nn(C2CCN(C(=O)c3cc(-c4ccccc4)n[nH]3)CC2)c1=O. The summed E-state index contributed by atoms with van der Waals surface area (Å²) in [6.07, 6.45) is -4.04. The number of aromatic nitrogens is 5. The Hall–Kier alpha value is -3.37. The lowest BCUT2D eigenvalue weighted by Crippen LogP contribution is -2.41. The number of amides is 1. The number of aromatic amines is 1. The first-order chi connectivity index (χ1) is 14.3. The fraction of sp³-hybridized carbons (Fsp3) is 0.368. The average molecular weight is 420 g/mol. The number of likely N-dealkylation sites (tertiary alicyclic amines) is 1. The van der Waals surface area contributed by atoms with Crippen LogP contribution in [0, 0.1) is 0 Å². The van der Waals surface area contributed by atoms with Crippen LogP contribution in [-0.4, -0.2) is 48.4 Å². The third-order valence-corrected chi connectivity index (χ3v) is 5.23. The van der Waals surface area contributed by atoms with E-state index in [-0.39, 0.29) is 5.91 Å². The van der Waals surface area contributed by atoms with Gasteiger partial charge in [-0.1, -0.05) is 30.3 Å². The van der Waals surface area contributed by atoms with Crippen molar-refractivity contribution in [2.75, 3.05) is 13.1 Å². The largest absolute Gasteiger partial charge is 0.451 e. The van der Waals surface area contributed by atoms with E-state index in [9.17, 15) is 22.8 Å². The molecule has 1 N–H and O–H groups in total. The number of nitrogens with zero attached hydrogens (tertiary/aromatic N) is 5. The van der Waals surface area contributed by atoms with Crippen molar-refractivity contribution in [3.8, 4) is 11.3 Å². The zero-order valence-electron chi connectivity index (χ0n) is 16.1. The van der Waals surface area contributed by atoms with Crippen LogP contribution in [0.25, 0.3) is 11.3 Å². The van der Waals surface area contributed by atoms with Crippen LogP contribution in [0.1, 0.15) is 35.2 Å². The van der Waals surface area contributed by atoms with Crippen molar-refractivity contribution in [3.05, 3.63) is 58.4 Å². The zero-order valence-corrected chi connectivity index (χ0v) is 16.1. The first kappa shape index (κ1) is 19.9. The molecule has 1 fully saturated rings. The van der Waals surface area contributed by atoms with Gasteiger partial charge in [-0.3, -0.25) is 14.5 Å². The Bertz CT molecular complexity index is 1110. The number of alkyl halides is 3. The number of halogens is 3. The molecule has 158 valence electrons. The van der Waals surface area contributed by atoms with Gasteiger partial charge < -0.3 is 4.90 Å². The topological polar surface area (TPSA) is 88.8 Å². The monoisotopic (exact) mass is 420 g/mol. The maximum atomic E-state index is 13.0. The lowest BCUT2D eigenvalue weighted by atomic mass is 10.0. The molecule has 2 aromatic heterocycles. The first-order valence-corrected chi connectivity index (χ1v) is 9.38. The van der Waals surface area contributed by atoms with E-state index in [0.717, 1.165) is 17.3 Å². The summed E-state index contributed by atoms with van der Waals surface area (Å²) >= 11 is 0. The number of hydrogen-bond donors (Lipinski definition) is 1. The molecule has 0 saturated carbocycles. The molecule has 0 unspecified atom stereocenters. The van der Waals surface area contributed by atoms with Crippen molar-refractivity contribution in [1.82, 2.24) is 29.4 Å². The molecule has 0 radical (unpaired) electrons. The molecule has 8 nitrogen and oxygen atoms in total. The molecule has 1 aromatic carbocycles. The molecule has 0 bridgehead atoms. The maximum absolute atomic E-state index is 13.0. The van der Waals surface area contributed by atoms with Crippen molar-refractivity contribution in [1.29, 1.82) is 0 Å². The maximum Gasteiger partial charge on any atom is 0.451 e. The number of piperidine rings is 1. The summed E-state index contributed by atoms with van der Waals surface area (Å²) in [7, 11) is 1.05. The van der Waals surface area contributed by atoms with E-state index in [1.54, 1.807) is 11.0 Å². The lowest BCUT2D eigenvalue weighted by molar-refractivity contribution is -0.147. The first-order valence-electron chi connectivity index (χ1n) is 9.38. The molecule has 11 heteroatoms. The highest BCUT2D eigenvalue weighted by Gasteiger charge is 2.39. The summed E-state index contributed by atoms with van der Waals surface area (Å²) in [5.41, 5.74) is 1.05. The second-order valence-electron chi connectivity index (χ2n) is 7.16. The van der Waals surface area contributed by atoms with Gasteiger partial charge in [0.15, 0.2) is 0 Å². The van der Waals surface area contributed by atoms with Gasteiger partial charge in [-0.25, -0.2) is 9.48 Å². The highest BCUT2D eigenvalue weighted by molar-refractivity contribution is 5.93. The normalized spacial score (nSPS) is 15.5. The van der Waals surface area contributed by atoms with Crippen molar-refractivity contribution in [2.24, 2.45) is 7.05 Å². The molecule has 3 aromatic rings. The fourth-order valence-corrected chi connectivity index (χ4v) is 3.61. The summed E-state index contributed by atoms with van der Waals surface area (Å²) in [5.74, 6) is -1.47. The van der Waals surface area contributed by atoms with Crippen molar-refractivity contribution >= 4 is 5.91 Å². The van der Waals surface area contributed by atoms with E-state index in [4.69, 9.17) is 0 Å². The molecule has 1 aliphatic rings. The van der Waals surface area contributed by atoms with Gasteiger partial charge in [0.05, 0.1) is 11.7 Å². The third-order valence-electron chi connectivity index (χ3n) is 5.23. The Balaban J connectivity index is 1.45. The van der Waals surface area contributed by atoms with Gasteiger partial charge in [0.25, 0.3) is 5.91 Å². The second kappa shape index (κ2) is 7.47. The van der Waals surface area contributed by atoms with Crippen LogP contribution in [0.5, 0.6) is 0 Å². The Kier molecular flexibility index (Phi) is 4.96. The summed E-state index contributed by atoms with van der Waals surface area (Å²) in [5, 5.41) is 10.4. The second-order valence-corrected chi connectivity index (χ2v) is 7.16. The minimum atomic E-state index is -4.70. The number of H-pyrrole nitrogens is 1. The quantitative estimate of drug-likeness (QED) is 0.705. The van der Waals surface area contributed by atoms with Crippen LogP contribution < -0.4 is 5.69 Å². The lowest BCUT2D eigenvalue weighted by Gasteiger charge is -2.31. The summed E-state index contributed by atoms with van der Waals surface area (Å²) in [4.78, 5) is 26.5. The molecule has 1 saturated heterocycles. The highest BCUT2D eigenvalue weighted by atomic mass is 19.4. The van der Waals surface area contributed by atoms with Crippen LogP contribution >= 0.6 is 0 Å². The summed E-state index contributed by atoms with van der Waals surface area (Å²) < 4.78 is 40.4. The number of benzene rings is 1. The van der Waals surface area contributed by atoms with Crippen LogP contribution in [0.15, 0.2) is 41.2 Å². The molecule has 1 amide bonds. The number of rotatable bonds is 3. The van der Waals surface area contributed by atoms with Gasteiger partial charge in [-0.15, -0.1) is 5.10 Å². The van der Waals surface area contributed by atoms with E-state index in [2.05, 4.69) is 15.3 Å². The Morgan fingerprint density at radius 3 is 2.43 bits per heavy atom. The van der Waals surface area contributed by atoms with E-state index in [1.807, 2.05) is 30.3 Å².